The summed E-state index contributed by atoms with van der Waals surface area (Å²) in [5.74, 6) is -0.411. The first-order valence-corrected chi connectivity index (χ1v) is 11.3. The number of piperazine rings is 1. The number of hydrogen-bond acceptors (Lipinski definition) is 4. The second-order valence-corrected chi connectivity index (χ2v) is 9.22. The van der Waals surface area contributed by atoms with Crippen LogP contribution in [0.2, 0.25) is 0 Å². The largest absolute Gasteiger partial charge is 0.416 e. The molecule has 2 aromatic rings. The summed E-state index contributed by atoms with van der Waals surface area (Å²) in [5, 5.41) is 2.63. The molecule has 0 aromatic heterocycles. The average Bonchev–Trinajstić information content (AvgIpc) is 2.74. The monoisotopic (exact) mass is 455 g/mol. The third-order valence-electron chi connectivity index (χ3n) is 5.20. The molecule has 1 aliphatic heterocycles. The molecule has 1 amide bonds. The van der Waals surface area contributed by atoms with Gasteiger partial charge in [0.15, 0.2) is 0 Å². The Morgan fingerprint density at radius 2 is 1.55 bits per heavy atom. The first-order chi connectivity index (χ1) is 14.6. The summed E-state index contributed by atoms with van der Waals surface area (Å²) in [7, 11) is -3.60. The lowest BCUT2D eigenvalue weighted by molar-refractivity contribution is -0.137. The highest BCUT2D eigenvalue weighted by Gasteiger charge is 2.30. The van der Waals surface area contributed by atoms with Gasteiger partial charge in [0.25, 0.3) is 0 Å². The van der Waals surface area contributed by atoms with Crippen LogP contribution >= 0.6 is 0 Å². The predicted molar refractivity (Wildman–Crippen MR) is 111 cm³/mol. The summed E-state index contributed by atoms with van der Waals surface area (Å²) in [5.41, 5.74) is 0.0761. The van der Waals surface area contributed by atoms with Gasteiger partial charge in [-0.1, -0.05) is 19.1 Å². The minimum Gasteiger partial charge on any atom is -0.326 e. The molecule has 6 nitrogen and oxygen atoms in total. The third kappa shape index (κ3) is 5.84. The maximum Gasteiger partial charge on any atom is 0.416 e. The number of amides is 1. The molecule has 0 saturated carbocycles. The Morgan fingerprint density at radius 3 is 2.06 bits per heavy atom. The molecule has 0 spiro atoms. The zero-order valence-corrected chi connectivity index (χ0v) is 17.8. The number of rotatable bonds is 6. The van der Waals surface area contributed by atoms with Crippen LogP contribution in [0.4, 0.5) is 18.9 Å². The highest BCUT2D eigenvalue weighted by Crippen LogP contribution is 2.29. The van der Waals surface area contributed by atoms with Gasteiger partial charge in [0.1, 0.15) is 0 Å². The Morgan fingerprint density at radius 1 is 0.968 bits per heavy atom. The topological polar surface area (TPSA) is 69.7 Å². The van der Waals surface area contributed by atoms with Crippen molar-refractivity contribution in [3.63, 3.8) is 0 Å². The molecule has 1 saturated heterocycles. The van der Waals surface area contributed by atoms with Crippen molar-refractivity contribution in [2.45, 2.75) is 24.4 Å². The summed E-state index contributed by atoms with van der Waals surface area (Å²) in [4.78, 5) is 14.5. The van der Waals surface area contributed by atoms with E-state index in [4.69, 9.17) is 0 Å². The van der Waals surface area contributed by atoms with E-state index in [0.717, 1.165) is 18.7 Å². The fourth-order valence-corrected chi connectivity index (χ4v) is 4.77. The normalized spacial score (nSPS) is 16.3. The molecule has 1 aliphatic rings. The van der Waals surface area contributed by atoms with E-state index in [-0.39, 0.29) is 11.3 Å². The molecule has 0 radical (unpaired) electrons. The quantitative estimate of drug-likeness (QED) is 0.726. The minimum atomic E-state index is -4.42. The van der Waals surface area contributed by atoms with Crippen LogP contribution in [0.1, 0.15) is 18.1 Å². The fourth-order valence-electron chi connectivity index (χ4n) is 3.35. The summed E-state index contributed by atoms with van der Waals surface area (Å²) in [6.45, 7) is 5.16. The van der Waals surface area contributed by atoms with E-state index in [2.05, 4.69) is 10.2 Å². The molecule has 1 heterocycles. The lowest BCUT2D eigenvalue weighted by Gasteiger charge is -2.33. The van der Waals surface area contributed by atoms with Gasteiger partial charge in [-0.15, -0.1) is 0 Å². The van der Waals surface area contributed by atoms with Crippen LogP contribution < -0.4 is 5.32 Å². The molecule has 31 heavy (non-hydrogen) atoms. The maximum atomic E-state index is 12.8. The Kier molecular flexibility index (Phi) is 7.03. The highest BCUT2D eigenvalue weighted by atomic mass is 32.2. The molecular formula is C21H24F3N3O3S. The van der Waals surface area contributed by atoms with E-state index < -0.39 is 27.7 Å². The molecule has 1 N–H and O–H groups in total. The molecule has 10 heteroatoms. The number of hydrogen-bond donors (Lipinski definition) is 1. The van der Waals surface area contributed by atoms with Gasteiger partial charge < -0.3 is 10.2 Å². The zero-order chi connectivity index (χ0) is 22.6. The van der Waals surface area contributed by atoms with Crippen LogP contribution in [0, 0.1) is 0 Å². The Balaban J connectivity index is 1.59. The van der Waals surface area contributed by atoms with Crippen molar-refractivity contribution in [3.05, 3.63) is 59.7 Å². The van der Waals surface area contributed by atoms with Gasteiger partial charge >= 0.3 is 6.18 Å². The lowest BCUT2D eigenvalue weighted by atomic mass is 10.1. The SMILES string of the molecule is CCN1CCN(S(=O)(=O)c2ccc(NC(=O)Cc3ccc(C(F)(F)F)cc3)cc2)CC1. The zero-order valence-electron chi connectivity index (χ0n) is 17.0. The minimum absolute atomic E-state index is 0.0973. The van der Waals surface area contributed by atoms with E-state index in [9.17, 15) is 26.4 Å². The molecule has 0 unspecified atom stereocenters. The molecule has 168 valence electrons. The Bertz CT molecular complexity index is 999. The predicted octanol–water partition coefficient (Wildman–Crippen LogP) is 3.21. The van der Waals surface area contributed by atoms with Gasteiger partial charge in [-0.2, -0.15) is 17.5 Å². The van der Waals surface area contributed by atoms with E-state index in [1.807, 2.05) is 6.92 Å². The van der Waals surface area contributed by atoms with Gasteiger partial charge in [0.05, 0.1) is 16.9 Å². The number of anilines is 1. The van der Waals surface area contributed by atoms with Gasteiger partial charge in [0.2, 0.25) is 15.9 Å². The standard InChI is InChI=1S/C21H24F3N3O3S/c1-2-26-11-13-27(14-12-26)31(29,30)19-9-7-18(8-10-19)25-20(28)15-16-3-5-17(6-4-16)21(22,23)24/h3-10H,2,11-15H2,1H3,(H,25,28). The number of likely N-dealkylation sites (N-methyl/N-ethyl adjacent to an activating group) is 1. The first kappa shape index (κ1) is 23.2. The fraction of sp³-hybridized carbons (Fsp3) is 0.381. The van der Waals surface area contributed by atoms with E-state index in [1.165, 1.54) is 40.7 Å². The van der Waals surface area contributed by atoms with Crippen LogP contribution in [0.3, 0.4) is 0 Å². The number of sulfonamides is 1. The smallest absolute Gasteiger partial charge is 0.326 e. The summed E-state index contributed by atoms with van der Waals surface area (Å²) >= 11 is 0. The molecule has 2 aromatic carbocycles. The number of alkyl halides is 3. The molecule has 1 fully saturated rings. The van der Waals surface area contributed by atoms with Gasteiger partial charge in [-0.3, -0.25) is 4.79 Å². The Hall–Kier alpha value is -2.43. The molecule has 0 atom stereocenters. The van der Waals surface area contributed by atoms with Crippen LogP contribution in [-0.4, -0.2) is 56.3 Å². The second-order valence-electron chi connectivity index (χ2n) is 7.28. The van der Waals surface area contributed by atoms with E-state index in [0.29, 0.717) is 37.4 Å². The van der Waals surface area contributed by atoms with Gasteiger partial charge in [-0.25, -0.2) is 8.42 Å². The van der Waals surface area contributed by atoms with Crippen molar-refractivity contribution in [1.29, 1.82) is 0 Å². The van der Waals surface area contributed by atoms with Crippen LogP contribution in [0.15, 0.2) is 53.4 Å². The number of nitrogens with one attached hydrogen (secondary N) is 1. The molecule has 0 aliphatic carbocycles. The third-order valence-corrected chi connectivity index (χ3v) is 7.11. The van der Waals surface area contributed by atoms with Crippen LogP contribution in [0.25, 0.3) is 0 Å². The number of carbonyl (C=O) groups excluding carboxylic acids is 1. The van der Waals surface area contributed by atoms with E-state index in [1.54, 1.807) is 0 Å². The summed E-state index contributed by atoms with van der Waals surface area (Å²) in [6, 6.07) is 10.3. The maximum absolute atomic E-state index is 12.8. The molecule has 3 rings (SSSR count). The summed E-state index contributed by atoms with van der Waals surface area (Å²) < 4.78 is 64.9. The molecule has 0 bridgehead atoms. The average molecular weight is 456 g/mol. The number of nitrogens with zero attached hydrogens (tertiary/aromatic N) is 2. The summed E-state index contributed by atoms with van der Waals surface area (Å²) in [6.07, 6.45) is -4.52. The van der Waals surface area contributed by atoms with Crippen molar-refractivity contribution < 1.29 is 26.4 Å². The molecular weight excluding hydrogens is 431 g/mol. The van der Waals surface area contributed by atoms with Gasteiger partial charge in [0, 0.05) is 31.9 Å². The van der Waals surface area contributed by atoms with Crippen molar-refractivity contribution in [2.24, 2.45) is 0 Å². The van der Waals surface area contributed by atoms with Crippen LogP contribution in [0.5, 0.6) is 0 Å². The second kappa shape index (κ2) is 9.37. The highest BCUT2D eigenvalue weighted by molar-refractivity contribution is 7.89. The van der Waals surface area contributed by atoms with E-state index >= 15 is 0 Å². The van der Waals surface area contributed by atoms with Gasteiger partial charge in [-0.05, 0) is 48.5 Å². The van der Waals surface area contributed by atoms with Crippen LogP contribution in [-0.2, 0) is 27.4 Å². The van der Waals surface area contributed by atoms with Crippen molar-refractivity contribution >= 4 is 21.6 Å². The first-order valence-electron chi connectivity index (χ1n) is 9.88. The number of halogens is 3. The Labute approximate surface area is 179 Å². The number of benzene rings is 2. The van der Waals surface area contributed by atoms with Crippen molar-refractivity contribution in [1.82, 2.24) is 9.21 Å². The lowest BCUT2D eigenvalue weighted by Crippen LogP contribution is -2.48. The van der Waals surface area contributed by atoms with Crippen molar-refractivity contribution in [3.8, 4) is 0 Å². The van der Waals surface area contributed by atoms with Crippen molar-refractivity contribution in [2.75, 3.05) is 38.0 Å². The number of carbonyl (C=O) groups is 1.